The van der Waals surface area contributed by atoms with Gasteiger partial charge < -0.3 is 20.5 Å². The average molecular weight is 507 g/mol. The number of hydrazine groups is 1. The molecule has 35 heavy (non-hydrogen) atoms. The van der Waals surface area contributed by atoms with E-state index in [0.29, 0.717) is 24.5 Å². The van der Waals surface area contributed by atoms with Gasteiger partial charge in [0, 0.05) is 31.1 Å². The number of β-lactam (4-membered cyclic amide) rings is 2. The van der Waals surface area contributed by atoms with Gasteiger partial charge >= 0.3 is 0 Å². The Morgan fingerprint density at radius 3 is 2.57 bits per heavy atom. The first kappa shape index (κ1) is 26.7. The summed E-state index contributed by atoms with van der Waals surface area (Å²) in [6.45, 7) is 3.87. The van der Waals surface area contributed by atoms with Crippen molar-refractivity contribution >= 4 is 46.8 Å². The molecule has 2 heterocycles. The molecule has 2 aliphatic rings. The van der Waals surface area contributed by atoms with Crippen LogP contribution in [0.3, 0.4) is 0 Å². The Morgan fingerprint density at radius 2 is 1.89 bits per heavy atom. The number of imide groups is 1. The summed E-state index contributed by atoms with van der Waals surface area (Å²) < 4.78 is 4.98. The van der Waals surface area contributed by atoms with Gasteiger partial charge in [-0.2, -0.15) is 0 Å². The predicted octanol–water partition coefficient (Wildman–Crippen LogP) is 1.08. The molecule has 4 N–H and O–H groups in total. The van der Waals surface area contributed by atoms with Crippen LogP contribution in [-0.4, -0.2) is 75.8 Å². The van der Waals surface area contributed by atoms with E-state index in [9.17, 15) is 19.5 Å². The van der Waals surface area contributed by atoms with Crippen LogP contribution in [0.15, 0.2) is 18.2 Å². The number of carbonyl (C=O) groups excluding carboxylic acids is 3. The Labute approximate surface area is 209 Å². The number of ether oxygens (including phenoxy) is 1. The Balaban J connectivity index is 0.00000342. The summed E-state index contributed by atoms with van der Waals surface area (Å²) in [5.41, 5.74) is 2.66. The molecular weight excluding hydrogens is 476 g/mol. The van der Waals surface area contributed by atoms with Gasteiger partial charge in [-0.3, -0.25) is 14.4 Å². The number of aromatic nitrogens is 2. The third-order valence-corrected chi connectivity index (χ3v) is 6.27. The summed E-state index contributed by atoms with van der Waals surface area (Å²) >= 11 is 0. The number of nitrogens with zero attached hydrogens (tertiary/aromatic N) is 3. The van der Waals surface area contributed by atoms with Gasteiger partial charge in [-0.05, 0) is 38.8 Å². The first-order valence-electron chi connectivity index (χ1n) is 11.4. The van der Waals surface area contributed by atoms with Gasteiger partial charge in [0.15, 0.2) is 0 Å². The van der Waals surface area contributed by atoms with E-state index in [1.165, 1.54) is 6.92 Å². The number of carbonyl (C=O) groups is 3. The Morgan fingerprint density at radius 1 is 1.20 bits per heavy atom. The van der Waals surface area contributed by atoms with E-state index >= 15 is 0 Å². The summed E-state index contributed by atoms with van der Waals surface area (Å²) in [6, 6.07) is 5.31. The van der Waals surface area contributed by atoms with Gasteiger partial charge in [0.25, 0.3) is 17.7 Å². The molecule has 4 rings (SSSR count). The fraction of sp³-hybridized carbons (Fsp3) is 0.522. The number of methoxy groups -OCH3 is 1. The number of rotatable bonds is 8. The minimum Gasteiger partial charge on any atom is -0.383 e. The highest BCUT2D eigenvalue weighted by atomic mass is 35.5. The van der Waals surface area contributed by atoms with Crippen LogP contribution in [0.1, 0.15) is 48.8 Å². The van der Waals surface area contributed by atoms with Gasteiger partial charge in [-0.15, -0.1) is 12.4 Å². The minimum absolute atomic E-state index is 0. The summed E-state index contributed by atoms with van der Waals surface area (Å²) in [5, 5.41) is 17.7. The van der Waals surface area contributed by atoms with E-state index in [4.69, 9.17) is 4.74 Å². The van der Waals surface area contributed by atoms with Crippen LogP contribution in [0.5, 0.6) is 0 Å². The molecule has 11 nitrogen and oxygen atoms in total. The van der Waals surface area contributed by atoms with Crippen molar-refractivity contribution in [2.75, 3.05) is 25.6 Å². The maximum Gasteiger partial charge on any atom is 0.289 e. The molecule has 0 spiro atoms. The number of amides is 3. The molecule has 0 radical (unpaired) electrons. The number of aliphatic hydroxyl groups is 1. The minimum atomic E-state index is -1.98. The summed E-state index contributed by atoms with van der Waals surface area (Å²) in [6.07, 6.45) is 3.39. The van der Waals surface area contributed by atoms with E-state index in [2.05, 4.69) is 26.0 Å². The fourth-order valence-electron chi connectivity index (χ4n) is 4.28. The lowest BCUT2D eigenvalue weighted by atomic mass is 9.89. The topological polar surface area (TPSA) is 146 Å². The molecule has 12 heteroatoms. The van der Waals surface area contributed by atoms with Crippen LogP contribution in [0.4, 0.5) is 5.82 Å². The van der Waals surface area contributed by atoms with Crippen LogP contribution < -0.4 is 16.1 Å². The second kappa shape index (κ2) is 10.8. The van der Waals surface area contributed by atoms with Crippen molar-refractivity contribution in [3.05, 3.63) is 29.6 Å². The van der Waals surface area contributed by atoms with E-state index in [-0.39, 0.29) is 30.3 Å². The van der Waals surface area contributed by atoms with Crippen molar-refractivity contribution in [3.63, 3.8) is 0 Å². The maximum atomic E-state index is 12.6. The number of hydrogen-bond donors (Lipinski definition) is 4. The number of benzene rings is 1. The zero-order chi connectivity index (χ0) is 24.5. The highest BCUT2D eigenvalue weighted by molar-refractivity contribution is 6.23. The number of aryl methyl sites for hydroxylation is 1. The number of halogens is 1. The zero-order valence-corrected chi connectivity index (χ0v) is 20.8. The number of hydrogen-bond acceptors (Lipinski definition) is 9. The predicted molar refractivity (Wildman–Crippen MR) is 131 cm³/mol. The maximum absolute atomic E-state index is 12.6. The summed E-state index contributed by atoms with van der Waals surface area (Å²) in [7, 11) is 1.56. The average Bonchev–Trinajstić information content (AvgIpc) is 2.83. The van der Waals surface area contributed by atoms with Crippen LogP contribution in [0.25, 0.3) is 10.9 Å². The molecule has 1 saturated carbocycles. The monoisotopic (exact) mass is 506 g/mol. The van der Waals surface area contributed by atoms with Crippen LogP contribution in [-0.2, 0) is 14.3 Å². The lowest BCUT2D eigenvalue weighted by Gasteiger charge is -2.44. The van der Waals surface area contributed by atoms with E-state index in [1.54, 1.807) is 7.11 Å². The SMILES string of the molecule is COCCNC(=O)c1nc(N[C@H]2CCCC[C@H]2NN2C(=O)C(C)(O)C2=O)c2cc(C)ccc2n1.Cl. The van der Waals surface area contributed by atoms with Crippen molar-refractivity contribution in [2.24, 2.45) is 0 Å². The van der Waals surface area contributed by atoms with Gasteiger partial charge in [0.05, 0.1) is 12.1 Å². The molecule has 1 aromatic heterocycles. The molecule has 3 amide bonds. The van der Waals surface area contributed by atoms with E-state index < -0.39 is 23.3 Å². The molecule has 0 bridgehead atoms. The number of fused-ring (bicyclic) bond motifs is 1. The van der Waals surface area contributed by atoms with Gasteiger partial charge in [0.1, 0.15) is 5.82 Å². The third kappa shape index (κ3) is 5.37. The van der Waals surface area contributed by atoms with E-state index in [0.717, 1.165) is 41.6 Å². The van der Waals surface area contributed by atoms with Gasteiger partial charge in [0.2, 0.25) is 11.4 Å². The second-order valence-electron chi connectivity index (χ2n) is 8.95. The summed E-state index contributed by atoms with van der Waals surface area (Å²) in [5.74, 6) is -1.18. The zero-order valence-electron chi connectivity index (χ0n) is 20.0. The normalized spacial score (nSPS) is 21.3. The first-order valence-corrected chi connectivity index (χ1v) is 11.4. The Kier molecular flexibility index (Phi) is 8.26. The van der Waals surface area contributed by atoms with Crippen molar-refractivity contribution in [2.45, 2.75) is 57.2 Å². The Bertz CT molecular complexity index is 1110. The van der Waals surface area contributed by atoms with Crippen LogP contribution in [0.2, 0.25) is 0 Å². The molecule has 190 valence electrons. The number of nitrogens with one attached hydrogen (secondary N) is 3. The Hall–Kier alpha value is -2.86. The second-order valence-corrected chi connectivity index (χ2v) is 8.95. The molecule has 1 aromatic carbocycles. The third-order valence-electron chi connectivity index (χ3n) is 6.27. The van der Waals surface area contributed by atoms with Crippen LogP contribution >= 0.6 is 12.4 Å². The number of anilines is 1. The largest absolute Gasteiger partial charge is 0.383 e. The van der Waals surface area contributed by atoms with Crippen LogP contribution in [0, 0.1) is 6.92 Å². The lowest BCUT2D eigenvalue weighted by Crippen LogP contribution is -2.75. The van der Waals surface area contributed by atoms with E-state index in [1.807, 2.05) is 25.1 Å². The molecule has 2 aromatic rings. The quantitative estimate of drug-likeness (QED) is 0.234. The standard InChI is InChI=1S/C23H30N6O5.ClH/c1-13-8-9-15-14(12-13)18(27-19(25-15)20(30)24-10-11-34-3)26-16-6-4-5-7-17(16)28-29-21(31)23(2,33)22(29)32;/h8-9,12,16-17,28,33H,4-7,10-11H2,1-3H3,(H,24,30)(H,25,26,27);1H/t16-,17+;/m0./s1. The lowest BCUT2D eigenvalue weighted by molar-refractivity contribution is -0.192. The van der Waals surface area contributed by atoms with Crippen molar-refractivity contribution in [3.8, 4) is 0 Å². The van der Waals surface area contributed by atoms with Crippen molar-refractivity contribution in [1.82, 2.24) is 25.7 Å². The van der Waals surface area contributed by atoms with Gasteiger partial charge in [-0.25, -0.2) is 20.4 Å². The molecule has 2 fully saturated rings. The molecule has 1 saturated heterocycles. The molecule has 1 aliphatic carbocycles. The molecular formula is C23H31ClN6O5. The highest BCUT2D eigenvalue weighted by Crippen LogP contribution is 2.29. The molecule has 1 aliphatic heterocycles. The van der Waals surface area contributed by atoms with Gasteiger partial charge in [-0.1, -0.05) is 24.5 Å². The highest BCUT2D eigenvalue weighted by Gasteiger charge is 2.58. The molecule has 0 unspecified atom stereocenters. The first-order chi connectivity index (χ1) is 16.2. The smallest absolute Gasteiger partial charge is 0.289 e. The summed E-state index contributed by atoms with van der Waals surface area (Å²) in [4.78, 5) is 45.9. The fourth-order valence-corrected chi connectivity index (χ4v) is 4.28. The van der Waals surface area contributed by atoms with Crippen molar-refractivity contribution < 1.29 is 24.2 Å². The molecule has 2 atom stereocenters. The van der Waals surface area contributed by atoms with Crippen molar-refractivity contribution in [1.29, 1.82) is 0 Å².